The number of amides is 2. The minimum Gasteiger partial charge on any atom is -0.447 e. The molecule has 2 aromatic rings. The second kappa shape index (κ2) is 10.0. The highest BCUT2D eigenvalue weighted by Crippen LogP contribution is 2.46. The van der Waals surface area contributed by atoms with Crippen LogP contribution in [0.25, 0.3) is 0 Å². The van der Waals surface area contributed by atoms with Crippen molar-refractivity contribution in [2.24, 2.45) is 5.92 Å². The lowest BCUT2D eigenvalue weighted by molar-refractivity contribution is -0.168. The second-order valence-electron chi connectivity index (χ2n) is 11.9. The number of hydrogen-bond donors (Lipinski definition) is 0. The summed E-state index contributed by atoms with van der Waals surface area (Å²) in [5.41, 5.74) is 2.08. The minimum absolute atomic E-state index is 0.0133. The average Bonchev–Trinajstić information content (AvgIpc) is 3.21. The molecule has 4 rings (SSSR count). The molecular formula is C29H40N2O4Si. The summed E-state index contributed by atoms with van der Waals surface area (Å²) in [5.74, 6) is 0.123. The van der Waals surface area contributed by atoms with Crippen molar-refractivity contribution in [3.05, 3.63) is 71.8 Å². The van der Waals surface area contributed by atoms with Gasteiger partial charge in [-0.15, -0.1) is 0 Å². The summed E-state index contributed by atoms with van der Waals surface area (Å²) in [4.78, 5) is 30.4. The second-order valence-corrected chi connectivity index (χ2v) is 16.6. The van der Waals surface area contributed by atoms with Crippen molar-refractivity contribution < 1.29 is 18.8 Å². The van der Waals surface area contributed by atoms with Crippen molar-refractivity contribution in [1.82, 2.24) is 9.80 Å². The number of ether oxygens (including phenoxy) is 1. The van der Waals surface area contributed by atoms with Crippen molar-refractivity contribution in [2.45, 2.75) is 83.5 Å². The molecule has 2 amide bonds. The Labute approximate surface area is 216 Å². The fraction of sp³-hybridized carbons (Fsp3) is 0.517. The molecule has 2 fully saturated rings. The van der Waals surface area contributed by atoms with Crippen LogP contribution in [0.4, 0.5) is 4.79 Å². The molecule has 0 unspecified atom stereocenters. The van der Waals surface area contributed by atoms with Gasteiger partial charge < -0.3 is 14.1 Å². The number of nitrogens with zero attached hydrogens (tertiary/aromatic N) is 2. The molecule has 2 aliphatic rings. The number of β-lactam (4-membered cyclic amide) rings is 1. The standard InChI is InChI=1S/C29H40N2O4Si/c1-20(2)23-19-34-28(33)31(23)25-24(30(27(25)32)18-21-14-10-8-11-15-21)26(22-16-12-9-13-17-22)35-36(6,7)29(3,4)5/h8-17,20,23-26H,18-19H2,1-7H3/t23-,24+,25+,26-/m1/s1. The van der Waals surface area contributed by atoms with Crippen LogP contribution in [0.5, 0.6) is 0 Å². The van der Waals surface area contributed by atoms with E-state index < -0.39 is 20.5 Å². The van der Waals surface area contributed by atoms with Crippen molar-refractivity contribution in [1.29, 1.82) is 0 Å². The SMILES string of the molecule is CC(C)[C@H]1COC(=O)N1[C@@H]1C(=O)N(Cc2ccccc2)[C@@H]1[C@H](O[Si](C)(C)C(C)(C)C)c1ccccc1. The van der Waals surface area contributed by atoms with Gasteiger partial charge in [0, 0.05) is 6.54 Å². The molecule has 7 heteroatoms. The van der Waals surface area contributed by atoms with Crippen LogP contribution in [0.1, 0.15) is 51.8 Å². The predicted molar refractivity (Wildman–Crippen MR) is 144 cm³/mol. The van der Waals surface area contributed by atoms with Gasteiger partial charge in [0.15, 0.2) is 8.32 Å². The summed E-state index contributed by atoms with van der Waals surface area (Å²) >= 11 is 0. The third-order valence-corrected chi connectivity index (χ3v) is 12.6. The van der Waals surface area contributed by atoms with Crippen LogP contribution in [0.15, 0.2) is 60.7 Å². The number of rotatable bonds is 8. The van der Waals surface area contributed by atoms with Crippen molar-refractivity contribution >= 4 is 20.3 Å². The molecule has 0 radical (unpaired) electrons. The van der Waals surface area contributed by atoms with E-state index >= 15 is 0 Å². The van der Waals surface area contributed by atoms with Gasteiger partial charge in [0.25, 0.3) is 0 Å². The average molecular weight is 509 g/mol. The Morgan fingerprint density at radius 1 is 1.00 bits per heavy atom. The van der Waals surface area contributed by atoms with E-state index in [-0.39, 0.29) is 35.1 Å². The summed E-state index contributed by atoms with van der Waals surface area (Å²) in [5, 5.41) is -0.0133. The topological polar surface area (TPSA) is 59.1 Å². The fourth-order valence-corrected chi connectivity index (χ4v) is 6.14. The van der Waals surface area contributed by atoms with Gasteiger partial charge >= 0.3 is 6.09 Å². The lowest BCUT2D eigenvalue weighted by atomic mass is 9.84. The summed E-state index contributed by atoms with van der Waals surface area (Å²) in [6.45, 7) is 16.1. The van der Waals surface area contributed by atoms with Crippen LogP contribution >= 0.6 is 0 Å². The van der Waals surface area contributed by atoms with Gasteiger partial charge in [0.1, 0.15) is 12.6 Å². The van der Waals surface area contributed by atoms with Gasteiger partial charge in [0.2, 0.25) is 5.91 Å². The molecule has 0 spiro atoms. The fourth-order valence-electron chi connectivity index (χ4n) is 4.88. The molecule has 0 N–H and O–H groups in total. The first-order chi connectivity index (χ1) is 16.9. The molecule has 36 heavy (non-hydrogen) atoms. The number of carbonyl (C=O) groups excluding carboxylic acids is 2. The first-order valence-electron chi connectivity index (χ1n) is 12.9. The van der Waals surface area contributed by atoms with Crippen LogP contribution in [0.3, 0.4) is 0 Å². The van der Waals surface area contributed by atoms with E-state index in [0.29, 0.717) is 13.2 Å². The summed E-state index contributed by atoms with van der Waals surface area (Å²) < 4.78 is 12.6. The third kappa shape index (κ3) is 4.96. The summed E-state index contributed by atoms with van der Waals surface area (Å²) in [6, 6.07) is 19.1. The minimum atomic E-state index is -2.24. The zero-order chi connectivity index (χ0) is 26.3. The number of benzene rings is 2. The smallest absolute Gasteiger partial charge is 0.410 e. The molecule has 2 heterocycles. The van der Waals surface area contributed by atoms with Crippen LogP contribution in [0, 0.1) is 5.92 Å². The Morgan fingerprint density at radius 3 is 2.14 bits per heavy atom. The number of cyclic esters (lactones) is 1. The maximum absolute atomic E-state index is 13.8. The summed E-state index contributed by atoms with van der Waals surface area (Å²) in [7, 11) is -2.24. The molecule has 0 saturated carbocycles. The zero-order valence-electron chi connectivity index (χ0n) is 22.6. The van der Waals surface area contributed by atoms with Crippen molar-refractivity contribution in [2.75, 3.05) is 6.61 Å². The first kappa shape index (κ1) is 26.4. The van der Waals surface area contributed by atoms with Gasteiger partial charge in [-0.1, -0.05) is 95.3 Å². The predicted octanol–water partition coefficient (Wildman–Crippen LogP) is 6.01. The van der Waals surface area contributed by atoms with E-state index in [4.69, 9.17) is 9.16 Å². The Hall–Kier alpha value is -2.64. The monoisotopic (exact) mass is 508 g/mol. The Balaban J connectivity index is 1.79. The van der Waals surface area contributed by atoms with Gasteiger partial charge in [-0.05, 0) is 35.2 Å². The highest BCUT2D eigenvalue weighted by molar-refractivity contribution is 6.74. The molecule has 2 aliphatic heterocycles. The third-order valence-electron chi connectivity index (χ3n) is 8.10. The van der Waals surface area contributed by atoms with E-state index in [2.05, 4.69) is 59.8 Å². The molecule has 2 saturated heterocycles. The lowest BCUT2D eigenvalue weighted by Crippen LogP contribution is -2.74. The van der Waals surface area contributed by atoms with Crippen LogP contribution in [-0.4, -0.2) is 54.9 Å². The van der Waals surface area contributed by atoms with Gasteiger partial charge in [0.05, 0.1) is 18.2 Å². The van der Waals surface area contributed by atoms with E-state index in [1.807, 2.05) is 53.4 Å². The maximum atomic E-state index is 13.8. The number of likely N-dealkylation sites (tertiary alicyclic amines) is 1. The normalized spacial score (nSPS) is 23.6. The van der Waals surface area contributed by atoms with Gasteiger partial charge in [-0.25, -0.2) is 4.79 Å². The van der Waals surface area contributed by atoms with Crippen LogP contribution < -0.4 is 0 Å². The van der Waals surface area contributed by atoms with E-state index in [0.717, 1.165) is 11.1 Å². The van der Waals surface area contributed by atoms with E-state index in [1.165, 1.54) is 0 Å². The summed E-state index contributed by atoms with van der Waals surface area (Å²) in [6.07, 6.45) is -0.768. The lowest BCUT2D eigenvalue weighted by Gasteiger charge is -2.55. The highest BCUT2D eigenvalue weighted by Gasteiger charge is 2.60. The maximum Gasteiger partial charge on any atom is 0.410 e. The van der Waals surface area contributed by atoms with Crippen LogP contribution in [-0.2, 0) is 20.5 Å². The molecule has 2 aromatic carbocycles. The van der Waals surface area contributed by atoms with Crippen molar-refractivity contribution in [3.63, 3.8) is 0 Å². The molecule has 0 aliphatic carbocycles. The largest absolute Gasteiger partial charge is 0.447 e. The molecule has 0 bridgehead atoms. The zero-order valence-corrected chi connectivity index (χ0v) is 23.6. The first-order valence-corrected chi connectivity index (χ1v) is 15.9. The molecule has 6 nitrogen and oxygen atoms in total. The van der Waals surface area contributed by atoms with E-state index in [9.17, 15) is 9.59 Å². The van der Waals surface area contributed by atoms with Gasteiger partial charge in [-0.3, -0.25) is 9.69 Å². The molecule has 194 valence electrons. The highest BCUT2D eigenvalue weighted by atomic mass is 28.4. The Kier molecular flexibility index (Phi) is 7.35. The number of carbonyl (C=O) groups is 2. The molecule has 0 aromatic heterocycles. The number of hydrogen-bond acceptors (Lipinski definition) is 4. The van der Waals surface area contributed by atoms with E-state index in [1.54, 1.807) is 4.90 Å². The Bertz CT molecular complexity index is 1070. The van der Waals surface area contributed by atoms with Crippen molar-refractivity contribution in [3.8, 4) is 0 Å². The van der Waals surface area contributed by atoms with Gasteiger partial charge in [-0.2, -0.15) is 0 Å². The van der Waals surface area contributed by atoms with Crippen LogP contribution in [0.2, 0.25) is 18.1 Å². The molecule has 4 atom stereocenters. The molecular weight excluding hydrogens is 468 g/mol. The Morgan fingerprint density at radius 2 is 1.58 bits per heavy atom. The quantitative estimate of drug-likeness (QED) is 0.324.